The Bertz CT molecular complexity index is 584. The second-order valence-electron chi connectivity index (χ2n) is 3.55. The first-order valence-electron chi connectivity index (χ1n) is 5.04. The van der Waals surface area contributed by atoms with Crippen molar-refractivity contribution in [2.24, 2.45) is 0 Å². The van der Waals surface area contributed by atoms with Gasteiger partial charge in [-0.3, -0.25) is 4.79 Å². The molecule has 1 aromatic carbocycles. The first-order valence-corrected chi connectivity index (χ1v) is 5.04. The van der Waals surface area contributed by atoms with Crippen LogP contribution in [-0.4, -0.2) is 10.9 Å². The van der Waals surface area contributed by atoms with E-state index in [1.807, 2.05) is 0 Å². The van der Waals surface area contributed by atoms with Crippen LogP contribution in [0, 0.1) is 11.6 Å². The van der Waals surface area contributed by atoms with Gasteiger partial charge >= 0.3 is 0 Å². The highest BCUT2D eigenvalue weighted by atomic mass is 19.2. The Morgan fingerprint density at radius 1 is 1.17 bits per heavy atom. The number of nitrogen functional groups attached to an aromatic ring is 1. The van der Waals surface area contributed by atoms with E-state index >= 15 is 0 Å². The standard InChI is InChI=1S/C12H9F2N3O/c13-9-3-1-7(5-10(9)14)12(18)17-8-2-4-11(15)16-6-8/h1-6H,(H2,15,16)(H,17,18). The summed E-state index contributed by atoms with van der Waals surface area (Å²) in [5, 5.41) is 2.49. The second-order valence-corrected chi connectivity index (χ2v) is 3.55. The molecule has 0 saturated heterocycles. The number of hydrogen-bond acceptors (Lipinski definition) is 3. The number of nitrogens with two attached hydrogens (primary N) is 1. The number of nitrogens with one attached hydrogen (secondary N) is 1. The van der Waals surface area contributed by atoms with Gasteiger partial charge in [0.2, 0.25) is 0 Å². The van der Waals surface area contributed by atoms with Gasteiger partial charge in [0.25, 0.3) is 5.91 Å². The van der Waals surface area contributed by atoms with E-state index in [2.05, 4.69) is 10.3 Å². The molecule has 0 spiro atoms. The number of rotatable bonds is 2. The lowest BCUT2D eigenvalue weighted by atomic mass is 10.2. The van der Waals surface area contributed by atoms with Crippen LogP contribution in [0.25, 0.3) is 0 Å². The molecule has 1 amide bonds. The van der Waals surface area contributed by atoms with E-state index in [-0.39, 0.29) is 5.56 Å². The van der Waals surface area contributed by atoms with Gasteiger partial charge in [0.1, 0.15) is 5.82 Å². The zero-order valence-corrected chi connectivity index (χ0v) is 9.15. The molecule has 0 aliphatic heterocycles. The molecule has 1 aromatic heterocycles. The summed E-state index contributed by atoms with van der Waals surface area (Å²) >= 11 is 0. The Labute approximate surface area is 101 Å². The third-order valence-electron chi connectivity index (χ3n) is 2.23. The summed E-state index contributed by atoms with van der Waals surface area (Å²) in [4.78, 5) is 15.5. The zero-order valence-electron chi connectivity index (χ0n) is 9.15. The van der Waals surface area contributed by atoms with Crippen LogP contribution >= 0.6 is 0 Å². The third-order valence-corrected chi connectivity index (χ3v) is 2.23. The van der Waals surface area contributed by atoms with Crippen molar-refractivity contribution >= 4 is 17.4 Å². The van der Waals surface area contributed by atoms with Crippen molar-refractivity contribution in [2.75, 3.05) is 11.1 Å². The predicted octanol–water partition coefficient (Wildman–Crippen LogP) is 2.19. The van der Waals surface area contributed by atoms with Gasteiger partial charge in [0.05, 0.1) is 11.9 Å². The minimum Gasteiger partial charge on any atom is -0.384 e. The number of pyridine rings is 1. The van der Waals surface area contributed by atoms with Crippen LogP contribution in [0.3, 0.4) is 0 Å². The van der Waals surface area contributed by atoms with Crippen molar-refractivity contribution in [2.45, 2.75) is 0 Å². The van der Waals surface area contributed by atoms with Gasteiger partial charge in [-0.25, -0.2) is 13.8 Å². The molecular weight excluding hydrogens is 240 g/mol. The van der Waals surface area contributed by atoms with Gasteiger partial charge in [-0.15, -0.1) is 0 Å². The Morgan fingerprint density at radius 3 is 2.56 bits per heavy atom. The minimum absolute atomic E-state index is 0.0192. The van der Waals surface area contributed by atoms with E-state index in [9.17, 15) is 13.6 Å². The largest absolute Gasteiger partial charge is 0.384 e. The molecule has 3 N–H and O–H groups in total. The number of carbonyl (C=O) groups is 1. The van der Waals surface area contributed by atoms with E-state index in [0.717, 1.165) is 12.1 Å². The molecular formula is C12H9F2N3O. The van der Waals surface area contributed by atoms with Crippen molar-refractivity contribution in [3.05, 3.63) is 53.7 Å². The summed E-state index contributed by atoms with van der Waals surface area (Å²) in [5.74, 6) is -2.31. The number of anilines is 2. The Hall–Kier alpha value is -2.50. The molecule has 4 nitrogen and oxygen atoms in total. The number of carbonyl (C=O) groups excluding carboxylic acids is 1. The molecule has 0 radical (unpaired) electrons. The van der Waals surface area contributed by atoms with Crippen molar-refractivity contribution in [3.63, 3.8) is 0 Å². The Kier molecular flexibility index (Phi) is 3.18. The average Bonchev–Trinajstić information content (AvgIpc) is 2.35. The highest BCUT2D eigenvalue weighted by molar-refractivity contribution is 6.04. The maximum atomic E-state index is 12.9. The van der Waals surface area contributed by atoms with E-state index in [0.29, 0.717) is 11.5 Å². The monoisotopic (exact) mass is 249 g/mol. The number of amides is 1. The van der Waals surface area contributed by atoms with Crippen molar-refractivity contribution in [3.8, 4) is 0 Å². The third kappa shape index (κ3) is 2.60. The van der Waals surface area contributed by atoms with Crippen LogP contribution in [0.5, 0.6) is 0 Å². The number of hydrogen-bond donors (Lipinski definition) is 2. The SMILES string of the molecule is Nc1ccc(NC(=O)c2ccc(F)c(F)c2)cn1. The highest BCUT2D eigenvalue weighted by Gasteiger charge is 2.09. The molecule has 0 fully saturated rings. The molecule has 2 rings (SSSR count). The van der Waals surface area contributed by atoms with Crippen LogP contribution < -0.4 is 11.1 Å². The summed E-state index contributed by atoms with van der Waals surface area (Å²) in [6.45, 7) is 0. The lowest BCUT2D eigenvalue weighted by Gasteiger charge is -2.05. The van der Waals surface area contributed by atoms with Crippen LogP contribution in [-0.2, 0) is 0 Å². The van der Waals surface area contributed by atoms with E-state index in [4.69, 9.17) is 5.73 Å². The Morgan fingerprint density at radius 2 is 1.94 bits per heavy atom. The van der Waals surface area contributed by atoms with Crippen LogP contribution in [0.15, 0.2) is 36.5 Å². The van der Waals surface area contributed by atoms with Crippen molar-refractivity contribution < 1.29 is 13.6 Å². The fraction of sp³-hybridized carbons (Fsp3) is 0. The van der Waals surface area contributed by atoms with Gasteiger partial charge in [0.15, 0.2) is 11.6 Å². The first-order chi connectivity index (χ1) is 8.56. The van der Waals surface area contributed by atoms with Crippen LogP contribution in [0.4, 0.5) is 20.3 Å². The Balaban J connectivity index is 2.16. The van der Waals surface area contributed by atoms with Crippen molar-refractivity contribution in [1.29, 1.82) is 0 Å². The second kappa shape index (κ2) is 4.79. The summed E-state index contributed by atoms with van der Waals surface area (Å²) in [5.41, 5.74) is 5.82. The molecule has 6 heteroatoms. The van der Waals surface area contributed by atoms with Gasteiger partial charge < -0.3 is 11.1 Å². The molecule has 1 heterocycles. The molecule has 92 valence electrons. The van der Waals surface area contributed by atoms with Gasteiger partial charge in [-0.2, -0.15) is 0 Å². The minimum atomic E-state index is -1.07. The van der Waals surface area contributed by atoms with Gasteiger partial charge in [0, 0.05) is 5.56 Å². The molecule has 18 heavy (non-hydrogen) atoms. The van der Waals surface area contributed by atoms with Gasteiger partial charge in [-0.1, -0.05) is 0 Å². The maximum absolute atomic E-state index is 12.9. The van der Waals surface area contributed by atoms with E-state index < -0.39 is 17.5 Å². The normalized spacial score (nSPS) is 10.1. The number of benzene rings is 1. The average molecular weight is 249 g/mol. The summed E-state index contributed by atoms with van der Waals surface area (Å²) < 4.78 is 25.7. The molecule has 0 aliphatic rings. The fourth-order valence-electron chi connectivity index (χ4n) is 1.32. The van der Waals surface area contributed by atoms with E-state index in [1.165, 1.54) is 18.3 Å². The van der Waals surface area contributed by atoms with Crippen LogP contribution in [0.1, 0.15) is 10.4 Å². The topological polar surface area (TPSA) is 68.0 Å². The molecule has 0 atom stereocenters. The zero-order chi connectivity index (χ0) is 13.1. The highest BCUT2D eigenvalue weighted by Crippen LogP contribution is 2.12. The summed E-state index contributed by atoms with van der Waals surface area (Å²) in [6, 6.07) is 5.99. The van der Waals surface area contributed by atoms with Crippen LogP contribution in [0.2, 0.25) is 0 Å². The number of halogens is 2. The maximum Gasteiger partial charge on any atom is 0.255 e. The molecule has 0 saturated carbocycles. The first kappa shape index (κ1) is 12.0. The quantitative estimate of drug-likeness (QED) is 0.857. The van der Waals surface area contributed by atoms with E-state index in [1.54, 1.807) is 6.07 Å². The molecule has 0 bridgehead atoms. The summed E-state index contributed by atoms with van der Waals surface area (Å²) in [7, 11) is 0. The molecule has 2 aromatic rings. The van der Waals surface area contributed by atoms with Crippen molar-refractivity contribution in [1.82, 2.24) is 4.98 Å². The number of nitrogens with zero attached hydrogens (tertiary/aromatic N) is 1. The molecule has 0 unspecified atom stereocenters. The van der Waals surface area contributed by atoms with Gasteiger partial charge in [-0.05, 0) is 30.3 Å². The lowest BCUT2D eigenvalue weighted by molar-refractivity contribution is 0.102. The number of aromatic nitrogens is 1. The summed E-state index contributed by atoms with van der Waals surface area (Å²) in [6.07, 6.45) is 1.37. The molecule has 0 aliphatic carbocycles. The predicted molar refractivity (Wildman–Crippen MR) is 63.0 cm³/mol. The fourth-order valence-corrected chi connectivity index (χ4v) is 1.32. The smallest absolute Gasteiger partial charge is 0.255 e. The lowest BCUT2D eigenvalue weighted by Crippen LogP contribution is -2.12.